The molecule has 7 nitrogen and oxygen atoms in total. The fourth-order valence-electron chi connectivity index (χ4n) is 9.39. The van der Waals surface area contributed by atoms with Crippen LogP contribution in [0.25, 0.3) is 0 Å². The molecule has 3 aliphatic carbocycles. The molecule has 4 aliphatic rings. The van der Waals surface area contributed by atoms with Gasteiger partial charge in [0.1, 0.15) is 11.3 Å². The highest BCUT2D eigenvalue weighted by Crippen LogP contribution is 2.56. The fraction of sp³-hybridized carbons (Fsp3) is 0.550. The van der Waals surface area contributed by atoms with Crippen LogP contribution in [0.2, 0.25) is 5.02 Å². The molecule has 2 aromatic carbocycles. The van der Waals surface area contributed by atoms with E-state index in [2.05, 4.69) is 47.2 Å². The number of halogens is 1. The summed E-state index contributed by atoms with van der Waals surface area (Å²) in [5.74, 6) is 1.40. The number of rotatable bonds is 11. The summed E-state index contributed by atoms with van der Waals surface area (Å²) < 4.78 is 6.58. The lowest BCUT2D eigenvalue weighted by molar-refractivity contribution is -0.144. The Hall–Kier alpha value is -3.13. The van der Waals surface area contributed by atoms with Crippen LogP contribution < -0.4 is 10.1 Å². The lowest BCUT2D eigenvalue weighted by Crippen LogP contribution is -2.53. The van der Waals surface area contributed by atoms with Gasteiger partial charge in [-0.05, 0) is 128 Å². The van der Waals surface area contributed by atoms with Crippen LogP contribution in [0.3, 0.4) is 0 Å². The zero-order chi connectivity index (χ0) is 33.5. The van der Waals surface area contributed by atoms with E-state index in [0.29, 0.717) is 42.2 Å². The lowest BCUT2D eigenvalue weighted by Gasteiger charge is -2.47. The minimum Gasteiger partial charge on any atom is -0.493 e. The molecule has 4 atom stereocenters. The van der Waals surface area contributed by atoms with Gasteiger partial charge in [0.05, 0.1) is 13.2 Å². The maximum absolute atomic E-state index is 13.0. The number of hydrogen-bond acceptors (Lipinski definition) is 6. The highest BCUT2D eigenvalue weighted by atomic mass is 35.5. The summed E-state index contributed by atoms with van der Waals surface area (Å²) in [6.07, 6.45) is 11.1. The first-order valence-corrected chi connectivity index (χ1v) is 18.4. The van der Waals surface area contributed by atoms with Crippen LogP contribution in [0.1, 0.15) is 99.1 Å². The largest absolute Gasteiger partial charge is 0.493 e. The van der Waals surface area contributed by atoms with Crippen LogP contribution in [0, 0.1) is 11.8 Å². The highest BCUT2D eigenvalue weighted by Gasteiger charge is 2.54. The number of aliphatic hydroxyl groups excluding tert-OH is 1. The molecule has 8 heteroatoms. The third kappa shape index (κ3) is 6.34. The second-order valence-corrected chi connectivity index (χ2v) is 15.7. The van der Waals surface area contributed by atoms with E-state index >= 15 is 0 Å². The number of nitrogens with one attached hydrogen (secondary N) is 1. The second-order valence-electron chi connectivity index (χ2n) is 15.3. The van der Waals surface area contributed by atoms with Crippen molar-refractivity contribution in [3.63, 3.8) is 0 Å². The number of benzene rings is 2. The molecule has 1 aromatic heterocycles. The number of likely N-dealkylation sites (tertiary alicyclic amines) is 1. The van der Waals surface area contributed by atoms with E-state index in [1.54, 1.807) is 0 Å². The Labute approximate surface area is 290 Å². The van der Waals surface area contributed by atoms with Crippen LogP contribution in [0.5, 0.6) is 5.75 Å². The smallest absolute Gasteiger partial charge is 0.329 e. The van der Waals surface area contributed by atoms with Crippen LogP contribution in [0.4, 0.5) is 5.69 Å². The van der Waals surface area contributed by atoms with E-state index in [1.165, 1.54) is 40.8 Å². The van der Waals surface area contributed by atoms with Crippen molar-refractivity contribution < 1.29 is 19.7 Å². The summed E-state index contributed by atoms with van der Waals surface area (Å²) in [5.41, 5.74) is 6.20. The molecule has 1 saturated carbocycles. The van der Waals surface area contributed by atoms with Crippen molar-refractivity contribution in [1.82, 2.24) is 9.88 Å². The number of anilines is 1. The summed E-state index contributed by atoms with van der Waals surface area (Å²) >= 11 is 6.28. The minimum absolute atomic E-state index is 0.0930. The monoisotopic (exact) mass is 671 g/mol. The molecular formula is C40H50ClN3O4. The Bertz CT molecular complexity index is 1630. The number of carboxylic acids is 1. The Morgan fingerprint density at radius 1 is 1.15 bits per heavy atom. The van der Waals surface area contributed by atoms with Gasteiger partial charge >= 0.3 is 5.97 Å². The molecule has 3 aromatic rings. The van der Waals surface area contributed by atoms with Crippen molar-refractivity contribution >= 4 is 23.3 Å². The first-order chi connectivity index (χ1) is 23.2. The van der Waals surface area contributed by atoms with Crippen molar-refractivity contribution in [2.45, 2.75) is 108 Å². The number of fused-ring (bicyclic) bond motifs is 3. The molecule has 1 aliphatic heterocycles. The van der Waals surface area contributed by atoms with Gasteiger partial charge in [-0.3, -0.25) is 9.88 Å². The normalized spacial score (nSPS) is 28.7. The fourth-order valence-corrected chi connectivity index (χ4v) is 9.58. The molecule has 256 valence electrons. The summed E-state index contributed by atoms with van der Waals surface area (Å²) in [5, 5.41) is 24.4. The van der Waals surface area contributed by atoms with E-state index in [0.717, 1.165) is 63.1 Å². The maximum atomic E-state index is 13.0. The zero-order valence-corrected chi connectivity index (χ0v) is 29.1. The number of ether oxygens (including phenoxy) is 1. The Morgan fingerprint density at radius 2 is 1.98 bits per heavy atom. The summed E-state index contributed by atoms with van der Waals surface area (Å²) in [6.45, 7) is 7.32. The SMILES string of the molecule is C[C@@H](COc1ccnc2c1[C@H](C)CCC2)CC1Cc2ccc(CN3CC[C@H]3CO)cc2C12CCC(Nc1cccc(Cl)c1)(C(=O)O)CC2. The molecule has 7 rings (SSSR count). The number of hydrogen-bond donors (Lipinski definition) is 3. The van der Waals surface area contributed by atoms with Gasteiger partial charge in [-0.1, -0.05) is 49.7 Å². The molecule has 2 heterocycles. The number of aromatic nitrogens is 1. The molecule has 3 N–H and O–H groups in total. The van der Waals surface area contributed by atoms with Crippen LogP contribution >= 0.6 is 11.6 Å². The molecule has 1 spiro atoms. The topological polar surface area (TPSA) is 94.9 Å². The van der Waals surface area contributed by atoms with Crippen molar-refractivity contribution in [2.24, 2.45) is 11.8 Å². The van der Waals surface area contributed by atoms with Crippen molar-refractivity contribution in [1.29, 1.82) is 0 Å². The number of aliphatic hydroxyl groups is 1. The first kappa shape index (κ1) is 33.4. The lowest BCUT2D eigenvalue weighted by atomic mass is 9.59. The third-order valence-electron chi connectivity index (χ3n) is 12.2. The number of carboxylic acid groups (broad SMARTS) is 1. The zero-order valence-electron chi connectivity index (χ0n) is 28.4. The summed E-state index contributed by atoms with van der Waals surface area (Å²) in [7, 11) is 0. The minimum atomic E-state index is -1.04. The molecule has 2 fully saturated rings. The third-order valence-corrected chi connectivity index (χ3v) is 12.5. The number of pyridine rings is 1. The Morgan fingerprint density at radius 3 is 2.71 bits per heavy atom. The van der Waals surface area contributed by atoms with E-state index in [1.807, 2.05) is 36.5 Å². The predicted molar refractivity (Wildman–Crippen MR) is 190 cm³/mol. The molecule has 48 heavy (non-hydrogen) atoms. The Kier molecular flexibility index (Phi) is 9.49. The van der Waals surface area contributed by atoms with Crippen molar-refractivity contribution in [2.75, 3.05) is 25.1 Å². The highest BCUT2D eigenvalue weighted by molar-refractivity contribution is 6.30. The summed E-state index contributed by atoms with van der Waals surface area (Å²) in [6, 6.07) is 16.7. The molecule has 1 saturated heterocycles. The molecular weight excluding hydrogens is 622 g/mol. The standard InChI is InChI=1S/C40H50ClN3O4/c1-26(25-48-36-11-17-42-35-8-3-5-27(2)37(35)36)19-30-21-29-10-9-28(23-44-18-12-33(44)24-45)20-34(29)39(30)13-15-40(16-14-39,38(46)47)43-32-7-4-6-31(41)22-32/h4,6-7,9-11,17,20,22,26-27,30,33,43,45H,3,5,8,12-16,18-19,21,23-25H2,1-2H3,(H,46,47)/t26-,27-,30?,33+,39?,40?/m1/s1. The van der Waals surface area contributed by atoms with Gasteiger partial charge in [-0.25, -0.2) is 4.79 Å². The molecule has 0 bridgehead atoms. The second kappa shape index (κ2) is 13.6. The average Bonchev–Trinajstić information content (AvgIpc) is 3.34. The molecule has 1 unspecified atom stereocenters. The van der Waals surface area contributed by atoms with Gasteiger partial charge in [-0.2, -0.15) is 0 Å². The first-order valence-electron chi connectivity index (χ1n) is 18.0. The maximum Gasteiger partial charge on any atom is 0.329 e. The predicted octanol–water partition coefficient (Wildman–Crippen LogP) is 7.77. The van der Waals surface area contributed by atoms with Gasteiger partial charge in [0.25, 0.3) is 0 Å². The van der Waals surface area contributed by atoms with Crippen molar-refractivity contribution in [3.8, 4) is 5.75 Å². The van der Waals surface area contributed by atoms with Crippen LogP contribution in [0.15, 0.2) is 54.7 Å². The van der Waals surface area contributed by atoms with Gasteiger partial charge in [0.2, 0.25) is 0 Å². The van der Waals surface area contributed by atoms with Gasteiger partial charge in [-0.15, -0.1) is 0 Å². The van der Waals surface area contributed by atoms with E-state index < -0.39 is 11.5 Å². The molecule has 0 radical (unpaired) electrons. The number of carbonyl (C=O) groups is 1. The number of nitrogens with zero attached hydrogens (tertiary/aromatic N) is 2. The van der Waals surface area contributed by atoms with Crippen LogP contribution in [-0.4, -0.2) is 57.4 Å². The number of aryl methyl sites for hydroxylation is 1. The van der Waals surface area contributed by atoms with Gasteiger partial charge in [0.15, 0.2) is 0 Å². The van der Waals surface area contributed by atoms with Gasteiger partial charge < -0.3 is 20.3 Å². The summed E-state index contributed by atoms with van der Waals surface area (Å²) in [4.78, 5) is 20.0. The van der Waals surface area contributed by atoms with E-state index in [9.17, 15) is 15.0 Å². The number of aliphatic carboxylic acids is 1. The van der Waals surface area contributed by atoms with E-state index in [4.69, 9.17) is 16.3 Å². The molecule has 0 amide bonds. The quantitative estimate of drug-likeness (QED) is 0.192. The van der Waals surface area contributed by atoms with Gasteiger partial charge in [0, 0.05) is 47.3 Å². The average molecular weight is 672 g/mol. The Balaban J connectivity index is 1.13. The van der Waals surface area contributed by atoms with E-state index in [-0.39, 0.29) is 18.1 Å². The van der Waals surface area contributed by atoms with Crippen molar-refractivity contribution in [3.05, 3.63) is 87.7 Å². The van der Waals surface area contributed by atoms with Crippen LogP contribution in [-0.2, 0) is 29.6 Å².